The molecule has 0 fully saturated rings. The highest BCUT2D eigenvalue weighted by atomic mass is 14.1. The molecule has 0 bridgehead atoms. The molecule has 0 aliphatic heterocycles. The Morgan fingerprint density at radius 3 is 0.692 bits per heavy atom. The third kappa shape index (κ3) is 6.02. The van der Waals surface area contributed by atoms with Crippen LogP contribution in [0.3, 0.4) is 0 Å². The summed E-state index contributed by atoms with van der Waals surface area (Å²) in [7, 11) is 0. The van der Waals surface area contributed by atoms with Gasteiger partial charge >= 0.3 is 0 Å². The van der Waals surface area contributed by atoms with Crippen molar-refractivity contribution in [3.8, 4) is 0 Å². The zero-order chi connectivity index (χ0) is 20.5. The summed E-state index contributed by atoms with van der Waals surface area (Å²) < 4.78 is 0. The van der Waals surface area contributed by atoms with Crippen LogP contribution in [0.25, 0.3) is 32.3 Å². The lowest BCUT2D eigenvalue weighted by atomic mass is 9.95. The quantitative estimate of drug-likeness (QED) is 0.276. The van der Waals surface area contributed by atoms with Crippen molar-refractivity contribution in [1.82, 2.24) is 0 Å². The first kappa shape index (κ1) is 26.2. The predicted octanol–water partition coefficient (Wildman–Crippen LogP) is 9.71. The molecule has 0 N–H and O–H groups in total. The Kier molecular flexibility index (Phi) is 16.5. The van der Waals surface area contributed by atoms with Crippen LogP contribution in [0.5, 0.6) is 0 Å². The largest absolute Gasteiger partial charge is 0.0683 e. The Labute approximate surface area is 162 Å². The minimum absolute atomic E-state index is 1.34. The molecule has 0 amide bonds. The first-order chi connectivity index (χ1) is 12.9. The van der Waals surface area contributed by atoms with E-state index in [2.05, 4.69) is 60.7 Å². The molecule has 26 heavy (non-hydrogen) atoms. The Morgan fingerprint density at radius 1 is 0.308 bits per heavy atom. The van der Waals surface area contributed by atoms with Crippen molar-refractivity contribution >= 4 is 32.3 Å². The van der Waals surface area contributed by atoms with Crippen molar-refractivity contribution in [1.29, 1.82) is 0 Å². The molecule has 0 heteroatoms. The van der Waals surface area contributed by atoms with Gasteiger partial charge in [0.2, 0.25) is 0 Å². The monoisotopic (exact) mass is 352 g/mol. The molecule has 0 saturated heterocycles. The smallest absolute Gasteiger partial charge is 0.00268 e. The number of rotatable bonds is 0. The summed E-state index contributed by atoms with van der Waals surface area (Å²) in [5, 5.41) is 8.14. The molecular weight excluding hydrogens is 312 g/mol. The maximum Gasteiger partial charge on any atom is -0.00268 e. The Bertz CT molecular complexity index is 667. The van der Waals surface area contributed by atoms with Crippen LogP contribution in [-0.4, -0.2) is 0 Å². The van der Waals surface area contributed by atoms with Gasteiger partial charge in [0.15, 0.2) is 0 Å². The van der Waals surface area contributed by atoms with E-state index in [4.69, 9.17) is 0 Å². The summed E-state index contributed by atoms with van der Waals surface area (Å²) >= 11 is 0. The van der Waals surface area contributed by atoms with E-state index >= 15 is 0 Å². The fourth-order valence-electron chi connectivity index (χ4n) is 2.67. The van der Waals surface area contributed by atoms with Crippen molar-refractivity contribution in [3.63, 3.8) is 0 Å². The molecule has 0 spiro atoms. The second-order valence-corrected chi connectivity index (χ2v) is 4.29. The third-order valence-electron chi connectivity index (χ3n) is 3.39. The highest BCUT2D eigenvalue weighted by Crippen LogP contribution is 2.33. The van der Waals surface area contributed by atoms with Crippen molar-refractivity contribution in [2.75, 3.05) is 0 Å². The fourth-order valence-corrected chi connectivity index (χ4v) is 2.67. The molecule has 0 heterocycles. The van der Waals surface area contributed by atoms with Crippen LogP contribution in [0.1, 0.15) is 69.2 Å². The molecule has 4 rings (SSSR count). The summed E-state index contributed by atoms with van der Waals surface area (Å²) in [5.41, 5.74) is 0. The van der Waals surface area contributed by atoms with Crippen molar-refractivity contribution in [2.24, 2.45) is 0 Å². The minimum Gasteiger partial charge on any atom is -0.0683 e. The average Bonchev–Trinajstić information content (AvgIpc) is 2.79. The van der Waals surface area contributed by atoms with Gasteiger partial charge in [-0.25, -0.2) is 0 Å². The van der Waals surface area contributed by atoms with Crippen LogP contribution in [-0.2, 0) is 0 Å². The van der Waals surface area contributed by atoms with Gasteiger partial charge in [-0.05, 0) is 32.3 Å². The first-order valence-corrected chi connectivity index (χ1v) is 10.6. The molecule has 0 nitrogen and oxygen atoms in total. The van der Waals surface area contributed by atoms with E-state index in [0.29, 0.717) is 0 Å². The summed E-state index contributed by atoms with van der Waals surface area (Å²) in [4.78, 5) is 0. The lowest BCUT2D eigenvalue weighted by Crippen LogP contribution is -1.82. The van der Waals surface area contributed by atoms with Crippen molar-refractivity contribution < 1.29 is 0 Å². The van der Waals surface area contributed by atoms with Gasteiger partial charge in [-0.1, -0.05) is 130 Å². The van der Waals surface area contributed by atoms with Gasteiger partial charge in [0.05, 0.1) is 0 Å². The van der Waals surface area contributed by atoms with Gasteiger partial charge in [-0.3, -0.25) is 0 Å². The number of hydrogen-bond acceptors (Lipinski definition) is 0. The van der Waals surface area contributed by atoms with Crippen molar-refractivity contribution in [2.45, 2.75) is 69.2 Å². The first-order valence-electron chi connectivity index (χ1n) is 10.6. The molecule has 0 unspecified atom stereocenters. The van der Waals surface area contributed by atoms with Gasteiger partial charge < -0.3 is 0 Å². The topological polar surface area (TPSA) is 0 Å². The summed E-state index contributed by atoms with van der Waals surface area (Å²) in [6.45, 7) is 20.0. The molecule has 0 saturated carbocycles. The van der Waals surface area contributed by atoms with Gasteiger partial charge in [-0.2, -0.15) is 0 Å². The lowest BCUT2D eigenvalue weighted by Gasteiger charge is -2.09. The molecule has 0 atom stereocenters. The predicted molar refractivity (Wildman–Crippen MR) is 127 cm³/mol. The Hall–Kier alpha value is -2.08. The van der Waals surface area contributed by atoms with E-state index in [9.17, 15) is 0 Å². The van der Waals surface area contributed by atoms with E-state index in [0.717, 1.165) is 0 Å². The van der Waals surface area contributed by atoms with Crippen LogP contribution in [0.15, 0.2) is 60.7 Å². The maximum atomic E-state index is 2.21. The van der Waals surface area contributed by atoms with Gasteiger partial charge in [-0.15, -0.1) is 0 Å². The Morgan fingerprint density at radius 2 is 0.500 bits per heavy atom. The average molecular weight is 353 g/mol. The second-order valence-electron chi connectivity index (χ2n) is 4.29. The molecule has 0 aliphatic carbocycles. The SMILES string of the molecule is CC.CC.CC.CC.CC.c1cc2ccc3cccc4ccc(c1)c2c34. The highest BCUT2D eigenvalue weighted by molar-refractivity contribution is 6.22. The molecule has 0 radical (unpaired) electrons. The van der Waals surface area contributed by atoms with E-state index in [1.54, 1.807) is 0 Å². The number of hydrogen-bond donors (Lipinski definition) is 0. The third-order valence-corrected chi connectivity index (χ3v) is 3.39. The molecule has 4 aromatic carbocycles. The molecule has 4 aromatic rings. The summed E-state index contributed by atoms with van der Waals surface area (Å²) in [5.74, 6) is 0. The lowest BCUT2D eigenvalue weighted by molar-refractivity contribution is 1.50. The standard InChI is InChI=1S/C16H10.5C2H6/c1-3-11-7-9-13-5-2-6-14-10-8-12(4-1)15(11)16(13)14;5*1-2/h1-10H;5*1-2H3. The maximum absolute atomic E-state index is 2.21. The van der Waals surface area contributed by atoms with Crippen LogP contribution in [0, 0.1) is 0 Å². The van der Waals surface area contributed by atoms with Crippen LogP contribution >= 0.6 is 0 Å². The summed E-state index contributed by atoms with van der Waals surface area (Å²) in [6.07, 6.45) is 0. The number of benzene rings is 4. The normalized spacial score (nSPS) is 8.38. The second kappa shape index (κ2) is 16.4. The zero-order valence-corrected chi connectivity index (χ0v) is 18.8. The van der Waals surface area contributed by atoms with Crippen LogP contribution in [0.4, 0.5) is 0 Å². The van der Waals surface area contributed by atoms with E-state index in [-0.39, 0.29) is 0 Å². The summed E-state index contributed by atoms with van der Waals surface area (Å²) in [6, 6.07) is 21.9. The van der Waals surface area contributed by atoms with Crippen molar-refractivity contribution in [3.05, 3.63) is 60.7 Å². The highest BCUT2D eigenvalue weighted by Gasteiger charge is 2.05. The minimum atomic E-state index is 1.34. The van der Waals surface area contributed by atoms with E-state index < -0.39 is 0 Å². The Balaban J connectivity index is 0. The molecule has 144 valence electrons. The van der Waals surface area contributed by atoms with E-state index in [1.165, 1.54) is 32.3 Å². The molecule has 0 aromatic heterocycles. The molecule has 0 aliphatic rings. The zero-order valence-electron chi connectivity index (χ0n) is 18.8. The van der Waals surface area contributed by atoms with Crippen LogP contribution < -0.4 is 0 Å². The molecular formula is C26H40. The van der Waals surface area contributed by atoms with Gasteiger partial charge in [0, 0.05) is 0 Å². The van der Waals surface area contributed by atoms with E-state index in [1.807, 2.05) is 69.2 Å². The van der Waals surface area contributed by atoms with Gasteiger partial charge in [0.1, 0.15) is 0 Å². The fraction of sp³-hybridized carbons (Fsp3) is 0.385. The van der Waals surface area contributed by atoms with Crippen LogP contribution in [0.2, 0.25) is 0 Å². The van der Waals surface area contributed by atoms with Gasteiger partial charge in [0.25, 0.3) is 0 Å².